The molecule has 28 heteroatoms. The Bertz CT molecular complexity index is 6010. The summed E-state index contributed by atoms with van der Waals surface area (Å²) in [6.07, 6.45) is 3.39. The minimum absolute atomic E-state index is 0.0255. The van der Waals surface area contributed by atoms with E-state index in [1.807, 2.05) is 161 Å². The van der Waals surface area contributed by atoms with Gasteiger partial charge in [-0.05, 0) is 395 Å². The van der Waals surface area contributed by atoms with Crippen molar-refractivity contribution in [2.45, 2.75) is 184 Å². The van der Waals surface area contributed by atoms with Crippen LogP contribution in [0.25, 0.3) is 0 Å². The number of carbonyl (C=O) groups is 6. The highest BCUT2D eigenvalue weighted by Gasteiger charge is 2.22. The fourth-order valence-corrected chi connectivity index (χ4v) is 14.6. The van der Waals surface area contributed by atoms with Gasteiger partial charge in [-0.15, -0.1) is 0 Å². The number of ether oxygens (including phenoxy) is 13. The second-order valence-electron chi connectivity index (χ2n) is 32.8. The van der Waals surface area contributed by atoms with E-state index in [2.05, 4.69) is 127 Å². The summed E-state index contributed by atoms with van der Waals surface area (Å²) in [4.78, 5) is 69.0. The molecule has 0 aromatic heterocycles. The average molecular weight is 2000 g/mol. The summed E-state index contributed by atoms with van der Waals surface area (Å²) in [6.45, 7) is 42.7. The number of hydrogen-bond donors (Lipinski definition) is 4. The van der Waals surface area contributed by atoms with Gasteiger partial charge in [0.1, 0.15) is 120 Å². The normalized spacial score (nSPS) is 10.4. The van der Waals surface area contributed by atoms with Crippen molar-refractivity contribution in [1.82, 2.24) is 16.0 Å². The highest BCUT2D eigenvalue weighted by atomic mass is 35.5. The van der Waals surface area contributed by atoms with Crippen LogP contribution in [-0.2, 0) is 45.4 Å². The predicted molar refractivity (Wildman–Crippen MR) is 566 cm³/mol. The molecule has 22 nitrogen and oxygen atoms in total. The van der Waals surface area contributed by atoms with Crippen LogP contribution in [0.1, 0.15) is 152 Å². The van der Waals surface area contributed by atoms with Crippen LogP contribution in [0.4, 0.5) is 33.2 Å². The lowest BCUT2D eigenvalue weighted by molar-refractivity contribution is 0.199. The SMILES string of the molecule is CCOc1cccc(OC(=O)SC)c1COc1cc(C)c(C)cc1C.CNC(=O)Oc1cccc(Cl)c1COc1cc(C)c(C)cc1C.CNC(=O)Oc1cccc(F)c1COc1cc(C)c(C)cc1C.CNC(=O)Oc1ccccc1COc1cc(C)c(C)cc1C.CSC(=O)Oc1cccc(C)c1COc1cc(C)c(C)cc1C.CSC(=O)Oc1cccc(CS)c1COc1cc(C)c(C)cc1C. The minimum Gasteiger partial charge on any atom is -0.493 e. The molecule has 744 valence electrons. The number of nitrogens with one attached hydrogen (secondary N) is 3. The lowest BCUT2D eigenvalue weighted by atomic mass is 10.1. The molecule has 0 spiro atoms. The van der Waals surface area contributed by atoms with Crippen LogP contribution in [-0.4, -0.2) is 80.7 Å². The van der Waals surface area contributed by atoms with Crippen molar-refractivity contribution in [3.05, 3.63) is 344 Å². The van der Waals surface area contributed by atoms with Crippen LogP contribution in [0.5, 0.6) is 74.7 Å². The number of rotatable bonds is 27. The van der Waals surface area contributed by atoms with Gasteiger partial charge in [0, 0.05) is 43.6 Å². The van der Waals surface area contributed by atoms with Crippen molar-refractivity contribution >= 4 is 93.7 Å². The Hall–Kier alpha value is -12.9. The molecule has 0 aliphatic carbocycles. The summed E-state index contributed by atoms with van der Waals surface area (Å²) in [5.41, 5.74) is 26.9. The largest absolute Gasteiger partial charge is 0.493 e. The Morgan fingerprint density at radius 3 is 0.907 bits per heavy atom. The molecule has 3 amide bonds. The van der Waals surface area contributed by atoms with Crippen molar-refractivity contribution in [1.29, 1.82) is 0 Å². The summed E-state index contributed by atoms with van der Waals surface area (Å²) in [5.74, 6) is 8.16. The van der Waals surface area contributed by atoms with E-state index in [1.54, 1.807) is 67.3 Å². The van der Waals surface area contributed by atoms with Gasteiger partial charge in [0.2, 0.25) is 0 Å². The van der Waals surface area contributed by atoms with E-state index >= 15 is 0 Å². The average Bonchev–Trinajstić information content (AvgIpc) is 0.841. The number of aryl methyl sites for hydroxylation is 19. The van der Waals surface area contributed by atoms with Gasteiger partial charge in [-0.1, -0.05) is 109 Å². The minimum atomic E-state index is -0.654. The maximum atomic E-state index is 14.1. The smallest absolute Gasteiger partial charge is 0.412 e. The summed E-state index contributed by atoms with van der Waals surface area (Å²) < 4.78 is 87.0. The molecule has 0 fully saturated rings. The Kier molecular flexibility index (Phi) is 46.4. The molecule has 0 aliphatic rings. The van der Waals surface area contributed by atoms with Crippen LogP contribution < -0.4 is 77.5 Å². The lowest BCUT2D eigenvalue weighted by Gasteiger charge is -2.17. The molecule has 0 saturated heterocycles. The molecule has 0 radical (unpaired) electrons. The molecule has 140 heavy (non-hydrogen) atoms. The zero-order valence-corrected chi connectivity index (χ0v) is 88.8. The van der Waals surface area contributed by atoms with Crippen molar-refractivity contribution in [2.75, 3.05) is 46.5 Å². The number of para-hydroxylation sites is 1. The van der Waals surface area contributed by atoms with Gasteiger partial charge in [0.15, 0.2) is 0 Å². The summed E-state index contributed by atoms with van der Waals surface area (Å²) in [5, 5.41) is 6.65. The van der Waals surface area contributed by atoms with Gasteiger partial charge in [-0.3, -0.25) is 0 Å². The van der Waals surface area contributed by atoms with Crippen molar-refractivity contribution < 1.29 is 94.7 Å². The van der Waals surface area contributed by atoms with Gasteiger partial charge < -0.3 is 77.5 Å². The van der Waals surface area contributed by atoms with Crippen molar-refractivity contribution in [3.63, 3.8) is 0 Å². The molecule has 0 heterocycles. The molecular weight excluding hydrogens is 1870 g/mol. The zero-order chi connectivity index (χ0) is 103. The van der Waals surface area contributed by atoms with E-state index < -0.39 is 24.1 Å². The Labute approximate surface area is 847 Å². The van der Waals surface area contributed by atoms with Gasteiger partial charge >= 0.3 is 34.2 Å². The third-order valence-electron chi connectivity index (χ3n) is 22.6. The second-order valence-corrected chi connectivity index (χ2v) is 35.8. The highest BCUT2D eigenvalue weighted by molar-refractivity contribution is 8.13. The maximum absolute atomic E-state index is 14.1. The first kappa shape index (κ1) is 114. The predicted octanol–water partition coefficient (Wildman–Crippen LogP) is 28.8. The quantitative estimate of drug-likeness (QED) is 0.0275. The van der Waals surface area contributed by atoms with E-state index in [0.29, 0.717) is 83.0 Å². The number of halogens is 2. The maximum Gasteiger partial charge on any atom is 0.412 e. The summed E-state index contributed by atoms with van der Waals surface area (Å²) in [6, 6.07) is 58.2. The number of thiol groups is 1. The van der Waals surface area contributed by atoms with Crippen molar-refractivity contribution in [2.24, 2.45) is 0 Å². The number of thioether (sulfide) groups is 3. The first-order valence-electron chi connectivity index (χ1n) is 45.1. The van der Waals surface area contributed by atoms with E-state index in [-0.39, 0.29) is 47.0 Å². The molecule has 3 N–H and O–H groups in total. The van der Waals surface area contributed by atoms with Gasteiger partial charge in [-0.2, -0.15) is 12.6 Å². The molecule has 0 atom stereocenters. The number of hydrogen-bond acceptors (Lipinski definition) is 23. The second kappa shape index (κ2) is 57.0. The van der Waals surface area contributed by atoms with E-state index in [9.17, 15) is 33.2 Å². The Morgan fingerprint density at radius 2 is 0.536 bits per heavy atom. The Balaban J connectivity index is 0.000000228. The zero-order valence-electron chi connectivity index (χ0n) is 84.7. The van der Waals surface area contributed by atoms with E-state index in [4.69, 9.17) is 73.2 Å². The van der Waals surface area contributed by atoms with Crippen molar-refractivity contribution in [3.8, 4) is 74.7 Å². The van der Waals surface area contributed by atoms with Gasteiger partial charge in [-0.25, -0.2) is 33.2 Å². The van der Waals surface area contributed by atoms with Crippen LogP contribution in [0.3, 0.4) is 0 Å². The van der Waals surface area contributed by atoms with Crippen LogP contribution >= 0.6 is 59.5 Å². The van der Waals surface area contributed by atoms with Gasteiger partial charge in [0.25, 0.3) is 0 Å². The number of carbonyl (C=O) groups excluding carboxylic acids is 6. The first-order chi connectivity index (χ1) is 66.7. The standard InChI is InChI=1S/C20H24O4S.C19H22O3S2.C19H22O3S.C18H20ClNO3.C18H20FNO3.C18H21NO3/c1-6-22-17-8-7-9-18(24-20(21)25-5)16(17)12-23-19-11-14(3)13(2)10-15(19)4;1-12-8-14(3)18(9-13(12)2)21-10-16-15(11-23)6-5-7-17(16)22-19(20)24-4;1-12-7-6-8-17(22-19(20)23-5)16(12)11-21-18-10-14(3)13(2)9-15(18)4;2*1-11-8-13(3)17(9-12(11)2)22-10-14-15(19)6-5-7-16(14)23-18(21)20-4;1-12-9-14(3)17(10-13(12)2)21-11-15-7-5-6-8-16(15)22-18(20)19-4/h7-11H,6,12H2,1-5H3;5-9,23H,10-11H2,1-4H3;6-10H,11H2,1-5H3;2*5-9H,10H2,1-4H3,(H,20,21);5-10H,11H2,1-4H3,(H,19,20). The number of amides is 3. The highest BCUT2D eigenvalue weighted by Crippen LogP contribution is 2.38. The Morgan fingerprint density at radius 1 is 0.271 bits per heavy atom. The van der Waals surface area contributed by atoms with Crippen LogP contribution in [0.15, 0.2) is 188 Å². The molecule has 12 aromatic rings. The molecule has 0 aliphatic heterocycles. The fourth-order valence-electron chi connectivity index (χ4n) is 13.6. The van der Waals surface area contributed by atoms with E-state index in [1.165, 1.54) is 95.0 Å². The molecular formula is C112H129ClFN3O19S4. The summed E-state index contributed by atoms with van der Waals surface area (Å²) >= 11 is 13.7. The third kappa shape index (κ3) is 34.8. The fraction of sp³-hybridized carbons (Fsp3) is 0.304. The summed E-state index contributed by atoms with van der Waals surface area (Å²) in [7, 11) is 4.47. The van der Waals surface area contributed by atoms with Crippen LogP contribution in [0.2, 0.25) is 5.02 Å². The monoisotopic (exact) mass is 2000 g/mol. The third-order valence-corrected chi connectivity index (χ3v) is 24.5. The number of benzene rings is 12. The van der Waals surface area contributed by atoms with Crippen LogP contribution in [0, 0.1) is 137 Å². The molecule has 0 saturated carbocycles. The molecule has 0 unspecified atom stereocenters. The molecule has 12 aromatic carbocycles. The van der Waals surface area contributed by atoms with Gasteiger partial charge in [0.05, 0.1) is 28.3 Å². The molecule has 0 bridgehead atoms. The topological polar surface area (TPSA) is 258 Å². The molecule has 12 rings (SSSR count). The van der Waals surface area contributed by atoms with E-state index in [0.717, 1.165) is 142 Å². The lowest BCUT2D eigenvalue weighted by Crippen LogP contribution is -2.23. The first-order valence-corrected chi connectivity index (χ1v) is 49.7.